The highest BCUT2D eigenvalue weighted by atomic mass is 17.2. The van der Waals surface area contributed by atoms with Gasteiger partial charge in [0.1, 0.15) is 24.4 Å². The lowest BCUT2D eigenvalue weighted by Crippen LogP contribution is -2.74. The maximum absolute atomic E-state index is 12.1. The van der Waals surface area contributed by atoms with Crippen LogP contribution in [0.5, 0.6) is 0 Å². The molecule has 0 aliphatic carbocycles. The molecule has 1 fully saturated rings. The molecule has 1 saturated heterocycles. The largest absolute Gasteiger partial charge is 0.394 e. The predicted octanol–water partition coefficient (Wildman–Crippen LogP) is -4.94. The lowest BCUT2D eigenvalue weighted by molar-refractivity contribution is -0.396. The molecule has 16 nitrogen and oxygen atoms in total. The van der Waals surface area contributed by atoms with Gasteiger partial charge in [-0.05, 0) is 13.8 Å². The van der Waals surface area contributed by atoms with E-state index in [1.54, 1.807) is 0 Å². The summed E-state index contributed by atoms with van der Waals surface area (Å²) < 4.78 is 4.79. The van der Waals surface area contributed by atoms with E-state index in [1.165, 1.54) is 0 Å². The van der Waals surface area contributed by atoms with Crippen LogP contribution in [0, 0.1) is 0 Å². The second-order valence-corrected chi connectivity index (χ2v) is 6.89. The molecule has 184 valence electrons. The van der Waals surface area contributed by atoms with Crippen molar-refractivity contribution in [2.75, 3.05) is 6.61 Å². The first kappa shape index (κ1) is 27.6. The molecular weight excluding hydrogens is 448 g/mol. The molecule has 0 spiro atoms. The van der Waals surface area contributed by atoms with E-state index in [4.69, 9.17) is 14.9 Å². The van der Waals surface area contributed by atoms with E-state index in [0.717, 1.165) is 6.92 Å². The van der Waals surface area contributed by atoms with Crippen molar-refractivity contribution in [1.29, 1.82) is 0 Å². The average Bonchev–Trinajstić information content (AvgIpc) is 2.74. The summed E-state index contributed by atoms with van der Waals surface area (Å²) in [5.41, 5.74) is -3.21. The van der Waals surface area contributed by atoms with Crippen molar-refractivity contribution in [3.05, 3.63) is 0 Å². The topological polar surface area (TPSA) is 256 Å². The number of carbonyl (C=O) groups is 4. The van der Waals surface area contributed by atoms with Crippen molar-refractivity contribution in [2.45, 2.75) is 68.6 Å². The fraction of sp³-hybridized carbons (Fsp3) is 0.750. The summed E-state index contributed by atoms with van der Waals surface area (Å²) in [6.45, 7) is 0.604. The highest BCUT2D eigenvalue weighted by Gasteiger charge is 2.65. The molecule has 7 atom stereocenters. The molecule has 0 aromatic heterocycles. The van der Waals surface area contributed by atoms with Crippen molar-refractivity contribution in [3.63, 3.8) is 0 Å². The number of rotatable bonds is 7. The maximum atomic E-state index is 12.1. The van der Waals surface area contributed by atoms with Gasteiger partial charge in [0.25, 0.3) is 0 Å². The van der Waals surface area contributed by atoms with E-state index in [1.807, 2.05) is 0 Å². The van der Waals surface area contributed by atoms with Gasteiger partial charge in [-0.3, -0.25) is 0 Å². The zero-order valence-electron chi connectivity index (χ0n) is 16.8. The Hall–Kier alpha value is -2.44. The quantitative estimate of drug-likeness (QED) is 0.135. The highest BCUT2D eigenvalue weighted by Crippen LogP contribution is 2.37. The van der Waals surface area contributed by atoms with Crippen molar-refractivity contribution in [3.8, 4) is 0 Å². The van der Waals surface area contributed by atoms with Crippen LogP contribution in [0.3, 0.4) is 0 Å². The Bertz CT molecular complexity index is 702. The third-order valence-corrected chi connectivity index (χ3v) is 4.36. The van der Waals surface area contributed by atoms with E-state index in [0.29, 0.717) is 6.92 Å². The Kier molecular flexibility index (Phi) is 9.42. The lowest BCUT2D eigenvalue weighted by atomic mass is 9.82. The molecule has 0 aromatic carbocycles. The van der Waals surface area contributed by atoms with Gasteiger partial charge in [-0.15, -0.1) is 0 Å². The lowest BCUT2D eigenvalue weighted by Gasteiger charge is -2.49. The molecule has 0 saturated carbocycles. The van der Waals surface area contributed by atoms with Crippen LogP contribution in [-0.4, -0.2) is 108 Å². The first-order valence-corrected chi connectivity index (χ1v) is 8.97. The minimum atomic E-state index is -3.32. The molecule has 1 aliphatic rings. The second-order valence-electron chi connectivity index (χ2n) is 6.89. The van der Waals surface area contributed by atoms with Crippen molar-refractivity contribution in [1.82, 2.24) is 0 Å². The maximum Gasteiger partial charge on any atom is 0.392 e. The Balaban J connectivity index is 2.64. The highest BCUT2D eigenvalue weighted by molar-refractivity contribution is 5.82. The van der Waals surface area contributed by atoms with Gasteiger partial charge in [0.2, 0.25) is 11.4 Å². The van der Waals surface area contributed by atoms with Gasteiger partial charge in [0.15, 0.2) is 6.10 Å². The molecule has 0 bridgehead atoms. The van der Waals surface area contributed by atoms with Crippen LogP contribution in [0.2, 0.25) is 0 Å². The summed E-state index contributed by atoms with van der Waals surface area (Å²) in [6.07, 6.45) is -11.3. The van der Waals surface area contributed by atoms with Gasteiger partial charge in [0, 0.05) is 0 Å². The van der Waals surface area contributed by atoms with Crippen LogP contribution in [-0.2, 0) is 43.5 Å². The standard InChI is InChI=1S/C16H24O16/c1-6(18)13(24)31-29-8(19)3-4-9(20)30-32-14(25)15(2,26)16(27)12(23)11(22)10(21)7(5-17)28-16/h6-7,10-12,17-18,21-23,26-27H,3-5H2,1-2H3/t6?,7-,10-,11+,12-,15?,16?/m1/s1. The Labute approximate surface area is 179 Å². The van der Waals surface area contributed by atoms with E-state index < -0.39 is 85.2 Å². The first-order chi connectivity index (χ1) is 14.7. The van der Waals surface area contributed by atoms with Gasteiger partial charge >= 0.3 is 23.9 Å². The van der Waals surface area contributed by atoms with E-state index in [9.17, 15) is 44.7 Å². The zero-order valence-corrected chi connectivity index (χ0v) is 16.8. The summed E-state index contributed by atoms with van der Waals surface area (Å²) in [5.74, 6) is -9.09. The summed E-state index contributed by atoms with van der Waals surface area (Å²) >= 11 is 0. The number of aliphatic hydroxyl groups is 7. The minimum absolute atomic E-state index is 0.555. The van der Waals surface area contributed by atoms with E-state index in [2.05, 4.69) is 19.6 Å². The zero-order chi connectivity index (χ0) is 24.9. The normalized spacial score (nSPS) is 30.4. The van der Waals surface area contributed by atoms with Gasteiger partial charge in [-0.25, -0.2) is 38.7 Å². The van der Waals surface area contributed by atoms with Gasteiger partial charge in [-0.1, -0.05) is 0 Å². The molecule has 1 rings (SSSR count). The first-order valence-electron chi connectivity index (χ1n) is 8.97. The number of hydrogen-bond donors (Lipinski definition) is 7. The number of ether oxygens (including phenoxy) is 1. The summed E-state index contributed by atoms with van der Waals surface area (Å²) in [4.78, 5) is 61.9. The van der Waals surface area contributed by atoms with Crippen LogP contribution in [0.4, 0.5) is 0 Å². The van der Waals surface area contributed by atoms with Gasteiger partial charge in [0.05, 0.1) is 19.4 Å². The van der Waals surface area contributed by atoms with Gasteiger partial charge in [-0.2, -0.15) is 0 Å². The van der Waals surface area contributed by atoms with Crippen LogP contribution in [0.15, 0.2) is 0 Å². The molecule has 1 heterocycles. The average molecular weight is 472 g/mol. The molecule has 1 aliphatic heterocycles. The number of carbonyl (C=O) groups excluding carboxylic acids is 4. The van der Waals surface area contributed by atoms with Crippen molar-refractivity contribution < 1.29 is 79.2 Å². The van der Waals surface area contributed by atoms with Crippen molar-refractivity contribution in [2.24, 2.45) is 0 Å². The monoisotopic (exact) mass is 472 g/mol. The predicted molar refractivity (Wildman–Crippen MR) is 90.8 cm³/mol. The number of aliphatic hydroxyl groups excluding tert-OH is 5. The fourth-order valence-electron chi connectivity index (χ4n) is 2.31. The minimum Gasteiger partial charge on any atom is -0.394 e. The summed E-state index contributed by atoms with van der Waals surface area (Å²) in [5, 5.41) is 68.2. The Morgan fingerprint density at radius 3 is 1.97 bits per heavy atom. The van der Waals surface area contributed by atoms with E-state index in [-0.39, 0.29) is 0 Å². The smallest absolute Gasteiger partial charge is 0.392 e. The summed E-state index contributed by atoms with van der Waals surface area (Å²) in [6, 6.07) is 0. The van der Waals surface area contributed by atoms with Crippen LogP contribution < -0.4 is 0 Å². The molecule has 0 amide bonds. The molecule has 16 heteroatoms. The Morgan fingerprint density at radius 2 is 1.50 bits per heavy atom. The van der Waals surface area contributed by atoms with Crippen LogP contribution in [0.25, 0.3) is 0 Å². The molecule has 32 heavy (non-hydrogen) atoms. The second kappa shape index (κ2) is 10.9. The molecule has 0 radical (unpaired) electrons. The molecule has 3 unspecified atom stereocenters. The van der Waals surface area contributed by atoms with Crippen LogP contribution >= 0.6 is 0 Å². The third-order valence-electron chi connectivity index (χ3n) is 4.36. The van der Waals surface area contributed by atoms with Crippen molar-refractivity contribution >= 4 is 23.9 Å². The van der Waals surface area contributed by atoms with Crippen LogP contribution in [0.1, 0.15) is 26.7 Å². The molecule has 0 aromatic rings. The van der Waals surface area contributed by atoms with E-state index >= 15 is 0 Å². The summed E-state index contributed by atoms with van der Waals surface area (Å²) in [7, 11) is 0. The Morgan fingerprint density at radius 1 is 1.00 bits per heavy atom. The molecule has 7 N–H and O–H groups in total. The third kappa shape index (κ3) is 6.08. The SMILES string of the molecule is CC(O)C(=O)OOC(=O)CCC(=O)OOC(=O)C(C)(O)C1(O)O[C@H](CO)[C@@H](O)[C@H](O)[C@H]1O. The number of hydrogen-bond acceptors (Lipinski definition) is 16. The molecular formula is C16H24O16. The van der Waals surface area contributed by atoms with Gasteiger partial charge < -0.3 is 40.5 Å². The fourth-order valence-corrected chi connectivity index (χ4v) is 2.31.